The quantitative estimate of drug-likeness (QED) is 0.862. The molecule has 0 saturated carbocycles. The molecule has 0 unspecified atom stereocenters. The minimum absolute atomic E-state index is 0.110. The number of hydrogen-bond acceptors (Lipinski definition) is 3. The summed E-state index contributed by atoms with van der Waals surface area (Å²) < 4.78 is 18.9. The first-order valence-electron chi connectivity index (χ1n) is 5.98. The van der Waals surface area contributed by atoms with Crippen molar-refractivity contribution in [2.75, 3.05) is 26.2 Å². The Labute approximate surface area is 101 Å². The summed E-state index contributed by atoms with van der Waals surface area (Å²) in [6.45, 7) is 5.49. The molecule has 0 aromatic heterocycles. The van der Waals surface area contributed by atoms with Gasteiger partial charge in [-0.3, -0.25) is 4.90 Å². The zero-order valence-corrected chi connectivity index (χ0v) is 10.2. The van der Waals surface area contributed by atoms with Gasteiger partial charge in [0.15, 0.2) is 0 Å². The van der Waals surface area contributed by atoms with Crippen LogP contribution in [0.3, 0.4) is 0 Å². The second-order valence-corrected chi connectivity index (χ2v) is 4.55. The summed E-state index contributed by atoms with van der Waals surface area (Å²) in [5.41, 5.74) is 7.29. The van der Waals surface area contributed by atoms with Crippen LogP contribution in [-0.4, -0.2) is 37.2 Å². The molecule has 1 fully saturated rings. The fraction of sp³-hybridized carbons (Fsp3) is 0.538. The van der Waals surface area contributed by atoms with Gasteiger partial charge in [-0.15, -0.1) is 0 Å². The van der Waals surface area contributed by atoms with Crippen molar-refractivity contribution in [2.45, 2.75) is 19.6 Å². The topological polar surface area (TPSA) is 38.5 Å². The smallest absolute Gasteiger partial charge is 0.126 e. The van der Waals surface area contributed by atoms with Crippen LogP contribution < -0.4 is 5.73 Å². The first-order chi connectivity index (χ1) is 8.19. The van der Waals surface area contributed by atoms with Crippen molar-refractivity contribution in [1.82, 2.24) is 4.90 Å². The summed E-state index contributed by atoms with van der Waals surface area (Å²) in [6, 6.07) is 5.42. The summed E-state index contributed by atoms with van der Waals surface area (Å²) in [5, 5.41) is 0. The Bertz CT molecular complexity index is 384. The maximum absolute atomic E-state index is 13.4. The van der Waals surface area contributed by atoms with Gasteiger partial charge in [0.05, 0.1) is 12.7 Å². The number of nitrogens with two attached hydrogens (primary N) is 1. The number of halogens is 1. The van der Waals surface area contributed by atoms with E-state index in [0.717, 1.165) is 25.2 Å². The number of benzene rings is 1. The number of aryl methyl sites for hydroxylation is 1. The Morgan fingerprint density at radius 1 is 1.53 bits per heavy atom. The maximum atomic E-state index is 13.4. The lowest BCUT2D eigenvalue weighted by Gasteiger charge is -2.32. The SMILES string of the molecule is Cc1ccc(CN2CCO[C@@H](CN)C2)cc1F. The van der Waals surface area contributed by atoms with Crippen LogP contribution in [-0.2, 0) is 11.3 Å². The van der Waals surface area contributed by atoms with Crippen LogP contribution >= 0.6 is 0 Å². The third-order valence-electron chi connectivity index (χ3n) is 3.13. The normalized spacial score (nSPS) is 21.7. The van der Waals surface area contributed by atoms with Crippen molar-refractivity contribution >= 4 is 0 Å². The van der Waals surface area contributed by atoms with Gasteiger partial charge in [-0.05, 0) is 24.1 Å². The van der Waals surface area contributed by atoms with Crippen LogP contribution in [0, 0.1) is 12.7 Å². The molecule has 2 N–H and O–H groups in total. The second-order valence-electron chi connectivity index (χ2n) is 4.55. The van der Waals surface area contributed by atoms with Crippen molar-refractivity contribution in [2.24, 2.45) is 5.73 Å². The largest absolute Gasteiger partial charge is 0.374 e. The van der Waals surface area contributed by atoms with Gasteiger partial charge >= 0.3 is 0 Å². The molecule has 0 amide bonds. The Morgan fingerprint density at radius 3 is 3.06 bits per heavy atom. The van der Waals surface area contributed by atoms with Gasteiger partial charge in [-0.2, -0.15) is 0 Å². The monoisotopic (exact) mass is 238 g/mol. The molecule has 0 radical (unpaired) electrons. The zero-order valence-electron chi connectivity index (χ0n) is 10.2. The molecule has 1 saturated heterocycles. The highest BCUT2D eigenvalue weighted by Crippen LogP contribution is 2.13. The van der Waals surface area contributed by atoms with Crippen LogP contribution in [0.25, 0.3) is 0 Å². The Balaban J connectivity index is 1.97. The van der Waals surface area contributed by atoms with E-state index in [1.165, 1.54) is 0 Å². The first kappa shape index (κ1) is 12.5. The summed E-state index contributed by atoms with van der Waals surface area (Å²) in [5.74, 6) is -0.133. The molecule has 0 aliphatic carbocycles. The summed E-state index contributed by atoms with van der Waals surface area (Å²) in [6.07, 6.45) is 0.110. The van der Waals surface area contributed by atoms with E-state index < -0.39 is 0 Å². The van der Waals surface area contributed by atoms with Crippen LogP contribution in [0.1, 0.15) is 11.1 Å². The molecule has 2 rings (SSSR count). The van der Waals surface area contributed by atoms with E-state index >= 15 is 0 Å². The van der Waals surface area contributed by atoms with Gasteiger partial charge in [-0.25, -0.2) is 4.39 Å². The molecule has 1 aliphatic rings. The highest BCUT2D eigenvalue weighted by atomic mass is 19.1. The lowest BCUT2D eigenvalue weighted by atomic mass is 10.1. The average molecular weight is 238 g/mol. The van der Waals surface area contributed by atoms with Crippen molar-refractivity contribution in [3.8, 4) is 0 Å². The fourth-order valence-corrected chi connectivity index (χ4v) is 2.06. The van der Waals surface area contributed by atoms with Crippen LogP contribution in [0.5, 0.6) is 0 Å². The third-order valence-corrected chi connectivity index (χ3v) is 3.13. The highest BCUT2D eigenvalue weighted by molar-refractivity contribution is 5.23. The highest BCUT2D eigenvalue weighted by Gasteiger charge is 2.19. The van der Waals surface area contributed by atoms with Crippen LogP contribution in [0.4, 0.5) is 4.39 Å². The number of nitrogens with zero attached hydrogens (tertiary/aromatic N) is 1. The average Bonchev–Trinajstić information content (AvgIpc) is 2.34. The molecule has 1 heterocycles. The van der Waals surface area contributed by atoms with Gasteiger partial charge in [0, 0.05) is 26.2 Å². The molecule has 0 bridgehead atoms. The molecular formula is C13H19FN2O. The molecule has 3 nitrogen and oxygen atoms in total. The van der Waals surface area contributed by atoms with E-state index in [4.69, 9.17) is 10.5 Å². The molecule has 94 valence electrons. The van der Waals surface area contributed by atoms with Crippen LogP contribution in [0.2, 0.25) is 0 Å². The van der Waals surface area contributed by atoms with Gasteiger partial charge in [0.2, 0.25) is 0 Å². The Hall–Kier alpha value is -0.970. The van der Waals surface area contributed by atoms with Crippen molar-refractivity contribution in [3.63, 3.8) is 0 Å². The van der Waals surface area contributed by atoms with Crippen molar-refractivity contribution < 1.29 is 9.13 Å². The molecule has 1 atom stereocenters. The van der Waals surface area contributed by atoms with Crippen LogP contribution in [0.15, 0.2) is 18.2 Å². The lowest BCUT2D eigenvalue weighted by Crippen LogP contribution is -2.45. The lowest BCUT2D eigenvalue weighted by molar-refractivity contribution is -0.0260. The minimum Gasteiger partial charge on any atom is -0.374 e. The van der Waals surface area contributed by atoms with Gasteiger partial charge in [-0.1, -0.05) is 12.1 Å². The Morgan fingerprint density at radius 2 is 2.35 bits per heavy atom. The van der Waals surface area contributed by atoms with E-state index in [1.54, 1.807) is 13.0 Å². The standard InChI is InChI=1S/C13H19FN2O/c1-10-2-3-11(6-13(10)14)8-16-4-5-17-12(7-15)9-16/h2-3,6,12H,4-5,7-9,15H2,1H3/t12-/m0/s1. The number of morpholine rings is 1. The molecule has 1 aliphatic heterocycles. The zero-order chi connectivity index (χ0) is 12.3. The maximum Gasteiger partial charge on any atom is 0.126 e. The predicted molar refractivity (Wildman–Crippen MR) is 65.2 cm³/mol. The van der Waals surface area contributed by atoms with Gasteiger partial charge < -0.3 is 10.5 Å². The van der Waals surface area contributed by atoms with Crippen molar-refractivity contribution in [1.29, 1.82) is 0 Å². The number of rotatable bonds is 3. The molecule has 1 aromatic carbocycles. The molecular weight excluding hydrogens is 219 g/mol. The predicted octanol–water partition coefficient (Wildman–Crippen LogP) is 1.29. The third kappa shape index (κ3) is 3.25. The van der Waals surface area contributed by atoms with E-state index in [9.17, 15) is 4.39 Å². The van der Waals surface area contributed by atoms with E-state index in [0.29, 0.717) is 18.7 Å². The van der Waals surface area contributed by atoms with E-state index in [-0.39, 0.29) is 11.9 Å². The number of ether oxygens (including phenoxy) is 1. The summed E-state index contributed by atoms with van der Waals surface area (Å²) in [7, 11) is 0. The number of hydrogen-bond donors (Lipinski definition) is 1. The van der Waals surface area contributed by atoms with Gasteiger partial charge in [0.1, 0.15) is 5.82 Å². The summed E-state index contributed by atoms with van der Waals surface area (Å²) >= 11 is 0. The molecule has 17 heavy (non-hydrogen) atoms. The second kappa shape index (κ2) is 5.58. The van der Waals surface area contributed by atoms with Crippen molar-refractivity contribution in [3.05, 3.63) is 35.1 Å². The fourth-order valence-electron chi connectivity index (χ4n) is 2.06. The first-order valence-corrected chi connectivity index (χ1v) is 5.98. The molecule has 1 aromatic rings. The van der Waals surface area contributed by atoms with Gasteiger partial charge in [0.25, 0.3) is 0 Å². The molecule has 4 heteroatoms. The van der Waals surface area contributed by atoms with E-state index in [1.807, 2.05) is 12.1 Å². The molecule has 0 spiro atoms. The Kier molecular flexibility index (Phi) is 4.10. The minimum atomic E-state index is -0.133. The van der Waals surface area contributed by atoms with E-state index in [2.05, 4.69) is 4.90 Å². The summed E-state index contributed by atoms with van der Waals surface area (Å²) in [4.78, 5) is 2.26.